The quantitative estimate of drug-likeness (QED) is 0.652. The molecule has 1 aromatic heterocycles. The van der Waals surface area contributed by atoms with Gasteiger partial charge in [0.1, 0.15) is 0 Å². The van der Waals surface area contributed by atoms with Crippen LogP contribution in [0.3, 0.4) is 0 Å². The van der Waals surface area contributed by atoms with Crippen LogP contribution < -0.4 is 11.3 Å². The molecule has 20 heavy (non-hydrogen) atoms. The average molecular weight is 311 g/mol. The third kappa shape index (κ3) is 2.85. The van der Waals surface area contributed by atoms with Gasteiger partial charge in [-0.25, -0.2) is 13.4 Å². The fourth-order valence-corrected chi connectivity index (χ4v) is 5.60. The molecule has 0 aliphatic carbocycles. The van der Waals surface area contributed by atoms with Crippen molar-refractivity contribution in [3.05, 3.63) is 29.3 Å². The molecule has 0 bridgehead atoms. The number of sulfone groups is 1. The van der Waals surface area contributed by atoms with Crippen LogP contribution >= 0.6 is 11.3 Å². The van der Waals surface area contributed by atoms with E-state index in [9.17, 15) is 8.42 Å². The Bertz CT molecular complexity index is 678. The molecule has 1 aliphatic heterocycles. The van der Waals surface area contributed by atoms with Crippen LogP contribution in [0.5, 0.6) is 0 Å². The minimum Gasteiger partial charge on any atom is -0.271 e. The second kappa shape index (κ2) is 5.40. The normalized spacial score (nSPS) is 23.1. The lowest BCUT2D eigenvalue weighted by Gasteiger charge is -2.20. The topological polar surface area (TPSA) is 85.1 Å². The molecule has 1 fully saturated rings. The number of thiazole rings is 1. The Labute approximate surface area is 122 Å². The molecule has 5 nitrogen and oxygen atoms in total. The maximum Gasteiger partial charge on any atom is 0.150 e. The van der Waals surface area contributed by atoms with E-state index in [0.29, 0.717) is 12.8 Å². The lowest BCUT2D eigenvalue weighted by Crippen LogP contribution is -2.43. The summed E-state index contributed by atoms with van der Waals surface area (Å²) in [6, 6.07) is 7.95. The van der Waals surface area contributed by atoms with E-state index in [1.54, 1.807) is 11.3 Å². The van der Waals surface area contributed by atoms with Crippen molar-refractivity contribution < 1.29 is 8.42 Å². The van der Waals surface area contributed by atoms with Gasteiger partial charge in [-0.2, -0.15) is 0 Å². The number of nitrogens with one attached hydrogen (secondary N) is 1. The van der Waals surface area contributed by atoms with Crippen molar-refractivity contribution in [3.63, 3.8) is 0 Å². The number of fused-ring (bicyclic) bond motifs is 1. The van der Waals surface area contributed by atoms with Gasteiger partial charge in [0.15, 0.2) is 9.84 Å². The minimum absolute atomic E-state index is 0.0344. The number of aromatic nitrogens is 1. The zero-order chi connectivity index (χ0) is 14.2. The van der Waals surface area contributed by atoms with E-state index >= 15 is 0 Å². The van der Waals surface area contributed by atoms with Crippen molar-refractivity contribution in [2.24, 2.45) is 11.8 Å². The van der Waals surface area contributed by atoms with Gasteiger partial charge in [0.2, 0.25) is 0 Å². The Morgan fingerprint density at radius 1 is 1.45 bits per heavy atom. The van der Waals surface area contributed by atoms with Crippen LogP contribution in [0.2, 0.25) is 0 Å². The summed E-state index contributed by atoms with van der Waals surface area (Å²) in [4.78, 5) is 4.58. The van der Waals surface area contributed by atoms with Gasteiger partial charge >= 0.3 is 0 Å². The lowest BCUT2D eigenvalue weighted by atomic mass is 9.97. The van der Waals surface area contributed by atoms with Crippen molar-refractivity contribution in [3.8, 4) is 0 Å². The zero-order valence-corrected chi connectivity index (χ0v) is 12.6. The van der Waals surface area contributed by atoms with E-state index in [4.69, 9.17) is 5.84 Å². The Kier molecular flexibility index (Phi) is 3.76. The van der Waals surface area contributed by atoms with Crippen LogP contribution in [-0.2, 0) is 16.3 Å². The molecule has 0 spiro atoms. The minimum atomic E-state index is -2.88. The number of para-hydroxylation sites is 1. The highest BCUT2D eigenvalue weighted by Gasteiger charge is 2.33. The van der Waals surface area contributed by atoms with E-state index in [0.717, 1.165) is 15.2 Å². The number of hydrogen-bond acceptors (Lipinski definition) is 6. The molecule has 2 unspecified atom stereocenters. The summed E-state index contributed by atoms with van der Waals surface area (Å²) in [6.07, 6.45) is 1.36. The van der Waals surface area contributed by atoms with E-state index in [1.165, 1.54) is 0 Å². The summed E-state index contributed by atoms with van der Waals surface area (Å²) >= 11 is 1.64. The van der Waals surface area contributed by atoms with Gasteiger partial charge in [0, 0.05) is 12.5 Å². The van der Waals surface area contributed by atoms with Crippen LogP contribution in [-0.4, -0.2) is 30.9 Å². The SMILES string of the molecule is NNC(Cc1nc2ccccc2s1)C1CCS(=O)(=O)C1. The van der Waals surface area contributed by atoms with Gasteiger partial charge in [-0.3, -0.25) is 11.3 Å². The van der Waals surface area contributed by atoms with Crippen molar-refractivity contribution in [1.29, 1.82) is 0 Å². The van der Waals surface area contributed by atoms with Gasteiger partial charge in [0.05, 0.1) is 26.7 Å². The number of hydrazine groups is 1. The van der Waals surface area contributed by atoms with E-state index < -0.39 is 9.84 Å². The molecule has 2 heterocycles. The highest BCUT2D eigenvalue weighted by molar-refractivity contribution is 7.91. The number of nitrogens with two attached hydrogens (primary N) is 1. The highest BCUT2D eigenvalue weighted by Crippen LogP contribution is 2.27. The molecule has 2 aromatic rings. The molecule has 0 radical (unpaired) electrons. The molecule has 3 N–H and O–H groups in total. The predicted molar refractivity (Wildman–Crippen MR) is 81.2 cm³/mol. The smallest absolute Gasteiger partial charge is 0.150 e. The number of rotatable bonds is 4. The van der Waals surface area contributed by atoms with Crippen LogP contribution in [0.4, 0.5) is 0 Å². The Balaban J connectivity index is 1.77. The molecule has 0 saturated carbocycles. The Hall–Kier alpha value is -1.02. The maximum absolute atomic E-state index is 11.6. The molecular weight excluding hydrogens is 294 g/mol. The molecule has 0 amide bonds. The third-order valence-electron chi connectivity index (χ3n) is 3.78. The van der Waals surface area contributed by atoms with E-state index in [-0.39, 0.29) is 23.5 Å². The summed E-state index contributed by atoms with van der Waals surface area (Å²) in [5, 5.41) is 0.999. The molecule has 1 aromatic carbocycles. The first-order chi connectivity index (χ1) is 9.57. The summed E-state index contributed by atoms with van der Waals surface area (Å²) in [5.41, 5.74) is 3.77. The van der Waals surface area contributed by atoms with Gasteiger partial charge in [-0.1, -0.05) is 12.1 Å². The predicted octanol–water partition coefficient (Wildman–Crippen LogP) is 1.11. The molecule has 7 heteroatoms. The standard InChI is InChI=1S/C13H17N3O2S2/c14-16-11(9-5-6-20(17,18)8-9)7-13-15-10-3-1-2-4-12(10)19-13/h1-4,9,11,16H,5-8,14H2. The zero-order valence-electron chi connectivity index (χ0n) is 11.0. The molecule has 3 rings (SSSR count). The van der Waals surface area contributed by atoms with E-state index in [1.807, 2.05) is 24.3 Å². The number of nitrogens with zero attached hydrogens (tertiary/aromatic N) is 1. The van der Waals surface area contributed by atoms with E-state index in [2.05, 4.69) is 10.4 Å². The maximum atomic E-state index is 11.6. The van der Waals surface area contributed by atoms with Crippen LogP contribution in [0.25, 0.3) is 10.2 Å². The fourth-order valence-electron chi connectivity index (χ4n) is 2.70. The first-order valence-electron chi connectivity index (χ1n) is 6.58. The lowest BCUT2D eigenvalue weighted by molar-refractivity contribution is 0.385. The monoisotopic (exact) mass is 311 g/mol. The average Bonchev–Trinajstić information content (AvgIpc) is 2.98. The third-order valence-corrected chi connectivity index (χ3v) is 6.64. The van der Waals surface area contributed by atoms with Crippen LogP contribution in [0.1, 0.15) is 11.4 Å². The Morgan fingerprint density at radius 2 is 2.25 bits per heavy atom. The summed E-state index contributed by atoms with van der Waals surface area (Å²) < 4.78 is 24.3. The highest BCUT2D eigenvalue weighted by atomic mass is 32.2. The second-order valence-corrected chi connectivity index (χ2v) is 8.56. The fraction of sp³-hybridized carbons (Fsp3) is 0.462. The van der Waals surface area contributed by atoms with Crippen molar-refractivity contribution in [2.45, 2.75) is 18.9 Å². The summed E-state index contributed by atoms with van der Waals surface area (Å²) in [6.45, 7) is 0. The van der Waals surface area contributed by atoms with Crippen molar-refractivity contribution in [2.75, 3.05) is 11.5 Å². The van der Waals surface area contributed by atoms with Crippen LogP contribution in [0, 0.1) is 5.92 Å². The van der Waals surface area contributed by atoms with Gasteiger partial charge in [-0.15, -0.1) is 11.3 Å². The largest absolute Gasteiger partial charge is 0.271 e. The number of benzene rings is 1. The second-order valence-electron chi connectivity index (χ2n) is 5.22. The molecule has 2 atom stereocenters. The molecule has 1 saturated heterocycles. The molecule has 108 valence electrons. The summed E-state index contributed by atoms with van der Waals surface area (Å²) in [7, 11) is -2.88. The number of hydrogen-bond donors (Lipinski definition) is 2. The van der Waals surface area contributed by atoms with Gasteiger partial charge in [0.25, 0.3) is 0 Å². The van der Waals surface area contributed by atoms with Gasteiger partial charge in [-0.05, 0) is 24.5 Å². The van der Waals surface area contributed by atoms with Crippen LogP contribution in [0.15, 0.2) is 24.3 Å². The summed E-state index contributed by atoms with van der Waals surface area (Å²) in [5.74, 6) is 6.20. The van der Waals surface area contributed by atoms with Gasteiger partial charge < -0.3 is 0 Å². The van der Waals surface area contributed by atoms with Crippen molar-refractivity contribution in [1.82, 2.24) is 10.4 Å². The first kappa shape index (κ1) is 13.9. The molecule has 1 aliphatic rings. The Morgan fingerprint density at radius 3 is 2.90 bits per heavy atom. The first-order valence-corrected chi connectivity index (χ1v) is 9.22. The van der Waals surface area contributed by atoms with Crippen molar-refractivity contribution >= 4 is 31.4 Å². The molecular formula is C13H17N3O2S2.